The molecule has 5 nitrogen and oxygen atoms in total. The third kappa shape index (κ3) is 3.67. The van der Waals surface area contributed by atoms with Gasteiger partial charge in [-0.15, -0.1) is 0 Å². The molecule has 5 heteroatoms. The van der Waals surface area contributed by atoms with E-state index in [1.807, 2.05) is 0 Å². The molecule has 2 N–H and O–H groups in total. The molecule has 0 saturated heterocycles. The first-order valence-corrected chi connectivity index (χ1v) is 6.31. The van der Waals surface area contributed by atoms with E-state index in [1.165, 1.54) is 0 Å². The van der Waals surface area contributed by atoms with Crippen molar-refractivity contribution < 1.29 is 24.5 Å². The molecule has 0 spiro atoms. The molecule has 0 aliphatic carbocycles. The Morgan fingerprint density at radius 1 is 0.857 bits per heavy atom. The normalized spacial score (nSPS) is 13.2. The van der Waals surface area contributed by atoms with Crippen LogP contribution in [-0.4, -0.2) is 22.2 Å². The smallest absolute Gasteiger partial charge is 0.349 e. The SMILES string of the molecule is O=C(OC(C(=O)O)c1ccccc1)C(O)c1ccccc1. The maximum Gasteiger partial charge on any atom is 0.349 e. The van der Waals surface area contributed by atoms with Gasteiger partial charge in [0.15, 0.2) is 6.10 Å². The maximum absolute atomic E-state index is 11.9. The molecule has 0 aliphatic rings. The lowest BCUT2D eigenvalue weighted by Crippen LogP contribution is -2.23. The molecular weight excluding hydrogens is 272 g/mol. The average molecular weight is 286 g/mol. The van der Waals surface area contributed by atoms with E-state index in [0.29, 0.717) is 11.1 Å². The van der Waals surface area contributed by atoms with Gasteiger partial charge in [0.25, 0.3) is 0 Å². The lowest BCUT2D eigenvalue weighted by atomic mass is 10.1. The van der Waals surface area contributed by atoms with Gasteiger partial charge >= 0.3 is 11.9 Å². The van der Waals surface area contributed by atoms with E-state index in [9.17, 15) is 14.7 Å². The molecule has 2 aromatic carbocycles. The maximum atomic E-state index is 11.9. The number of aliphatic hydroxyl groups excluding tert-OH is 1. The number of aliphatic hydroxyl groups is 1. The highest BCUT2D eigenvalue weighted by molar-refractivity contribution is 5.82. The van der Waals surface area contributed by atoms with Gasteiger partial charge in [0.05, 0.1) is 0 Å². The van der Waals surface area contributed by atoms with Crippen LogP contribution in [-0.2, 0) is 14.3 Å². The van der Waals surface area contributed by atoms with Crippen LogP contribution in [0.3, 0.4) is 0 Å². The number of aliphatic carboxylic acids is 1. The zero-order valence-corrected chi connectivity index (χ0v) is 11.0. The Balaban J connectivity index is 2.14. The second kappa shape index (κ2) is 6.67. The highest BCUT2D eigenvalue weighted by Crippen LogP contribution is 2.22. The van der Waals surface area contributed by atoms with E-state index in [-0.39, 0.29) is 0 Å². The Bertz CT molecular complexity index is 609. The molecule has 0 saturated carbocycles. The number of carboxylic acid groups (broad SMARTS) is 1. The minimum atomic E-state index is -1.52. The molecule has 0 amide bonds. The first-order valence-electron chi connectivity index (χ1n) is 6.31. The number of carbonyl (C=O) groups excluding carboxylic acids is 1. The molecular formula is C16H14O5. The second-order valence-corrected chi connectivity index (χ2v) is 4.38. The Kier molecular flexibility index (Phi) is 4.68. The van der Waals surface area contributed by atoms with Gasteiger partial charge in [0.2, 0.25) is 6.10 Å². The second-order valence-electron chi connectivity index (χ2n) is 4.38. The summed E-state index contributed by atoms with van der Waals surface area (Å²) in [7, 11) is 0. The summed E-state index contributed by atoms with van der Waals surface area (Å²) in [4.78, 5) is 23.1. The van der Waals surface area contributed by atoms with Crippen molar-refractivity contribution in [1.29, 1.82) is 0 Å². The first-order chi connectivity index (χ1) is 10.1. The number of rotatable bonds is 5. The van der Waals surface area contributed by atoms with Crippen molar-refractivity contribution in [2.75, 3.05) is 0 Å². The summed E-state index contributed by atoms with van der Waals surface area (Å²) in [6.07, 6.45) is -2.96. The van der Waals surface area contributed by atoms with Crippen LogP contribution in [0.25, 0.3) is 0 Å². The van der Waals surface area contributed by atoms with E-state index in [4.69, 9.17) is 9.84 Å². The highest BCUT2D eigenvalue weighted by atomic mass is 16.6. The van der Waals surface area contributed by atoms with Gasteiger partial charge in [-0.2, -0.15) is 0 Å². The van der Waals surface area contributed by atoms with Crippen LogP contribution in [0.5, 0.6) is 0 Å². The van der Waals surface area contributed by atoms with Gasteiger partial charge in [0, 0.05) is 5.56 Å². The van der Waals surface area contributed by atoms with Crippen LogP contribution in [0.4, 0.5) is 0 Å². The predicted octanol–water partition coefficient (Wildman–Crippen LogP) is 2.09. The van der Waals surface area contributed by atoms with Gasteiger partial charge in [-0.3, -0.25) is 0 Å². The van der Waals surface area contributed by atoms with Crippen LogP contribution in [0.1, 0.15) is 23.3 Å². The number of ether oxygens (including phenoxy) is 1. The van der Waals surface area contributed by atoms with Gasteiger partial charge < -0.3 is 14.9 Å². The van der Waals surface area contributed by atoms with Crippen molar-refractivity contribution in [2.45, 2.75) is 12.2 Å². The van der Waals surface area contributed by atoms with Gasteiger partial charge in [-0.1, -0.05) is 60.7 Å². The van der Waals surface area contributed by atoms with Gasteiger partial charge in [-0.25, -0.2) is 9.59 Å². The number of hydrogen-bond acceptors (Lipinski definition) is 4. The van der Waals surface area contributed by atoms with Crippen molar-refractivity contribution in [3.63, 3.8) is 0 Å². The van der Waals surface area contributed by atoms with Crippen LogP contribution in [0, 0.1) is 0 Å². The lowest BCUT2D eigenvalue weighted by Gasteiger charge is -2.16. The first kappa shape index (κ1) is 14.7. The van der Waals surface area contributed by atoms with Gasteiger partial charge in [0.1, 0.15) is 0 Å². The number of carbonyl (C=O) groups is 2. The van der Waals surface area contributed by atoms with E-state index >= 15 is 0 Å². The van der Waals surface area contributed by atoms with Crippen molar-refractivity contribution in [3.8, 4) is 0 Å². The van der Waals surface area contributed by atoms with Crippen LogP contribution in [0.15, 0.2) is 60.7 Å². The quantitative estimate of drug-likeness (QED) is 0.822. The summed E-state index contributed by atoms with van der Waals surface area (Å²) < 4.78 is 4.93. The third-order valence-electron chi connectivity index (χ3n) is 2.90. The lowest BCUT2D eigenvalue weighted by molar-refractivity contribution is -0.171. The molecule has 2 unspecified atom stereocenters. The fourth-order valence-corrected chi connectivity index (χ4v) is 1.84. The summed E-state index contributed by atoms with van der Waals surface area (Å²) in [5.41, 5.74) is 0.679. The largest absolute Gasteiger partial charge is 0.478 e. The molecule has 0 radical (unpaired) electrons. The average Bonchev–Trinajstić information content (AvgIpc) is 2.53. The van der Waals surface area contributed by atoms with Crippen molar-refractivity contribution in [1.82, 2.24) is 0 Å². The van der Waals surface area contributed by atoms with Crippen molar-refractivity contribution >= 4 is 11.9 Å². The number of carboxylic acids is 1. The van der Waals surface area contributed by atoms with Crippen LogP contribution >= 0.6 is 0 Å². The minimum Gasteiger partial charge on any atom is -0.478 e. The summed E-state index contributed by atoms with van der Waals surface area (Å²) in [6.45, 7) is 0. The molecule has 2 rings (SSSR count). The Hall–Kier alpha value is -2.66. The van der Waals surface area contributed by atoms with Crippen molar-refractivity contribution in [3.05, 3.63) is 71.8 Å². The zero-order chi connectivity index (χ0) is 15.2. The minimum absolute atomic E-state index is 0.332. The number of benzene rings is 2. The van der Waals surface area contributed by atoms with E-state index in [0.717, 1.165) is 0 Å². The fraction of sp³-hybridized carbons (Fsp3) is 0.125. The van der Waals surface area contributed by atoms with E-state index < -0.39 is 24.1 Å². The highest BCUT2D eigenvalue weighted by Gasteiger charge is 2.28. The summed E-state index contributed by atoms with van der Waals surface area (Å²) >= 11 is 0. The number of hydrogen-bond donors (Lipinski definition) is 2. The summed E-state index contributed by atoms with van der Waals surface area (Å²) in [6, 6.07) is 16.3. The van der Waals surface area contributed by atoms with Crippen LogP contribution in [0.2, 0.25) is 0 Å². The molecule has 2 atom stereocenters. The molecule has 0 fully saturated rings. The third-order valence-corrected chi connectivity index (χ3v) is 2.90. The molecule has 0 aromatic heterocycles. The Morgan fingerprint density at radius 3 is 1.81 bits per heavy atom. The van der Waals surface area contributed by atoms with E-state index in [2.05, 4.69) is 0 Å². The Morgan fingerprint density at radius 2 is 1.33 bits per heavy atom. The summed E-state index contributed by atoms with van der Waals surface area (Å²) in [5.74, 6) is -2.30. The molecule has 0 bridgehead atoms. The van der Waals surface area contributed by atoms with Crippen molar-refractivity contribution in [2.24, 2.45) is 0 Å². The molecule has 0 heterocycles. The Labute approximate surface area is 121 Å². The molecule has 0 aliphatic heterocycles. The molecule has 2 aromatic rings. The number of esters is 1. The standard InChI is InChI=1S/C16H14O5/c17-13(11-7-3-1-4-8-11)16(20)21-14(15(18)19)12-9-5-2-6-10-12/h1-10,13-14,17H,(H,18,19). The predicted molar refractivity (Wildman–Crippen MR) is 74.3 cm³/mol. The molecule has 21 heavy (non-hydrogen) atoms. The van der Waals surface area contributed by atoms with Gasteiger partial charge in [-0.05, 0) is 5.56 Å². The fourth-order valence-electron chi connectivity index (χ4n) is 1.84. The monoisotopic (exact) mass is 286 g/mol. The van der Waals surface area contributed by atoms with E-state index in [1.54, 1.807) is 60.7 Å². The van der Waals surface area contributed by atoms with Crippen LogP contribution < -0.4 is 0 Å². The zero-order valence-electron chi connectivity index (χ0n) is 11.0. The summed E-state index contributed by atoms with van der Waals surface area (Å²) in [5, 5.41) is 19.1. The topological polar surface area (TPSA) is 83.8 Å². The molecule has 108 valence electrons.